The van der Waals surface area contributed by atoms with Gasteiger partial charge in [-0.1, -0.05) is 0 Å². The second-order valence-corrected chi connectivity index (χ2v) is 4.09. The number of rotatable bonds is 2. The minimum absolute atomic E-state index is 0.324. The molecule has 2 N–H and O–H groups in total. The summed E-state index contributed by atoms with van der Waals surface area (Å²) in [5.41, 5.74) is 7.66. The van der Waals surface area contributed by atoms with Gasteiger partial charge < -0.3 is 10.5 Å². The van der Waals surface area contributed by atoms with Gasteiger partial charge in [0.1, 0.15) is 0 Å². The third kappa shape index (κ3) is 2.31. The number of morpholine rings is 1. The molecule has 0 bridgehead atoms. The van der Waals surface area contributed by atoms with E-state index >= 15 is 0 Å². The fraction of sp³-hybridized carbons (Fsp3) is 0.636. The molecular weight excluding hydrogens is 204 g/mol. The van der Waals surface area contributed by atoms with Crippen LogP contribution in [0.25, 0.3) is 0 Å². The normalized spacial score (nSPS) is 19.6. The minimum Gasteiger partial charge on any atom is -0.379 e. The van der Waals surface area contributed by atoms with Gasteiger partial charge in [0.05, 0.1) is 13.2 Å². The fourth-order valence-corrected chi connectivity index (χ4v) is 2.07. The molecule has 88 valence electrons. The van der Waals surface area contributed by atoms with Gasteiger partial charge in [0.2, 0.25) is 5.95 Å². The molecule has 0 amide bonds. The molecule has 2 rings (SSSR count). The number of nitrogens with two attached hydrogens (primary N) is 1. The van der Waals surface area contributed by atoms with Crippen LogP contribution >= 0.6 is 0 Å². The predicted octanol–water partition coefficient (Wildman–Crippen LogP) is 0.760. The van der Waals surface area contributed by atoms with E-state index in [0.29, 0.717) is 12.0 Å². The van der Waals surface area contributed by atoms with Crippen LogP contribution in [-0.4, -0.2) is 41.2 Å². The Morgan fingerprint density at radius 1 is 1.44 bits per heavy atom. The quantitative estimate of drug-likeness (QED) is 0.800. The van der Waals surface area contributed by atoms with Crippen molar-refractivity contribution in [2.45, 2.75) is 19.9 Å². The topological polar surface area (TPSA) is 64.3 Å². The molecular formula is C11H18N4O. The number of ether oxygens (including phenoxy) is 1. The van der Waals surface area contributed by atoms with Gasteiger partial charge in [-0.15, -0.1) is 0 Å². The zero-order chi connectivity index (χ0) is 11.5. The van der Waals surface area contributed by atoms with E-state index in [4.69, 9.17) is 10.5 Å². The summed E-state index contributed by atoms with van der Waals surface area (Å²) in [6, 6.07) is 0.324. The highest BCUT2D eigenvalue weighted by Gasteiger charge is 2.20. The largest absolute Gasteiger partial charge is 0.379 e. The van der Waals surface area contributed by atoms with Crippen molar-refractivity contribution >= 4 is 5.95 Å². The maximum atomic E-state index is 5.55. The molecule has 1 saturated heterocycles. The highest BCUT2D eigenvalue weighted by atomic mass is 16.5. The SMILES string of the molecule is Cc1nc(N)ncc1[C@H](C)N1CCOCC1. The molecule has 5 nitrogen and oxygen atoms in total. The molecule has 0 saturated carbocycles. The van der Waals surface area contributed by atoms with Crippen LogP contribution in [0.2, 0.25) is 0 Å². The molecule has 1 aliphatic rings. The lowest BCUT2D eigenvalue weighted by Gasteiger charge is -2.32. The maximum Gasteiger partial charge on any atom is 0.220 e. The monoisotopic (exact) mass is 222 g/mol. The van der Waals surface area contributed by atoms with Crippen LogP contribution in [0.5, 0.6) is 0 Å². The Balaban J connectivity index is 2.15. The highest BCUT2D eigenvalue weighted by molar-refractivity contribution is 5.26. The van der Waals surface area contributed by atoms with Crippen molar-refractivity contribution in [2.75, 3.05) is 32.0 Å². The van der Waals surface area contributed by atoms with E-state index in [1.54, 1.807) is 0 Å². The van der Waals surface area contributed by atoms with Gasteiger partial charge in [0, 0.05) is 36.6 Å². The lowest BCUT2D eigenvalue weighted by molar-refractivity contribution is 0.0196. The highest BCUT2D eigenvalue weighted by Crippen LogP contribution is 2.22. The number of aryl methyl sites for hydroxylation is 1. The zero-order valence-electron chi connectivity index (χ0n) is 9.81. The van der Waals surface area contributed by atoms with Gasteiger partial charge in [0.15, 0.2) is 0 Å². The van der Waals surface area contributed by atoms with Crippen LogP contribution < -0.4 is 5.73 Å². The molecule has 0 radical (unpaired) electrons. The van der Waals surface area contributed by atoms with Crippen LogP contribution in [0.1, 0.15) is 24.2 Å². The lowest BCUT2D eigenvalue weighted by atomic mass is 10.1. The van der Waals surface area contributed by atoms with E-state index < -0.39 is 0 Å². The van der Waals surface area contributed by atoms with Crippen LogP contribution in [-0.2, 0) is 4.74 Å². The van der Waals surface area contributed by atoms with Crippen molar-refractivity contribution in [3.8, 4) is 0 Å². The summed E-state index contributed by atoms with van der Waals surface area (Å²) in [7, 11) is 0. The van der Waals surface area contributed by atoms with Crippen molar-refractivity contribution in [3.05, 3.63) is 17.5 Å². The summed E-state index contributed by atoms with van der Waals surface area (Å²) in [4.78, 5) is 10.6. The first-order chi connectivity index (χ1) is 7.68. The van der Waals surface area contributed by atoms with Crippen LogP contribution in [0, 0.1) is 6.92 Å². The number of hydrogen-bond donors (Lipinski definition) is 1. The zero-order valence-corrected chi connectivity index (χ0v) is 9.81. The van der Waals surface area contributed by atoms with Crippen molar-refractivity contribution < 1.29 is 4.74 Å². The first-order valence-corrected chi connectivity index (χ1v) is 5.59. The second-order valence-electron chi connectivity index (χ2n) is 4.09. The summed E-state index contributed by atoms with van der Waals surface area (Å²) < 4.78 is 5.34. The van der Waals surface area contributed by atoms with Crippen LogP contribution in [0.4, 0.5) is 5.95 Å². The minimum atomic E-state index is 0.324. The van der Waals surface area contributed by atoms with E-state index in [2.05, 4.69) is 21.8 Å². The average molecular weight is 222 g/mol. The number of hydrogen-bond acceptors (Lipinski definition) is 5. The first kappa shape index (κ1) is 11.3. The Labute approximate surface area is 95.6 Å². The third-order valence-corrected chi connectivity index (χ3v) is 3.08. The Morgan fingerprint density at radius 3 is 2.75 bits per heavy atom. The molecule has 5 heteroatoms. The molecule has 16 heavy (non-hydrogen) atoms. The molecule has 0 spiro atoms. The molecule has 1 aromatic heterocycles. The smallest absolute Gasteiger partial charge is 0.220 e. The molecule has 0 aromatic carbocycles. The lowest BCUT2D eigenvalue weighted by Crippen LogP contribution is -2.38. The summed E-state index contributed by atoms with van der Waals surface area (Å²) in [5.74, 6) is 0.343. The van der Waals surface area contributed by atoms with Crippen molar-refractivity contribution in [1.29, 1.82) is 0 Å². The van der Waals surface area contributed by atoms with Gasteiger partial charge in [0.25, 0.3) is 0 Å². The van der Waals surface area contributed by atoms with Gasteiger partial charge in [-0.3, -0.25) is 4.90 Å². The maximum absolute atomic E-state index is 5.55. The molecule has 1 aromatic rings. The Kier molecular flexibility index (Phi) is 3.36. The average Bonchev–Trinajstić information content (AvgIpc) is 2.29. The predicted molar refractivity (Wildman–Crippen MR) is 62.0 cm³/mol. The molecule has 0 unspecified atom stereocenters. The van der Waals surface area contributed by atoms with Crippen molar-refractivity contribution in [3.63, 3.8) is 0 Å². The Morgan fingerprint density at radius 2 is 2.12 bits per heavy atom. The van der Waals surface area contributed by atoms with Crippen LogP contribution in [0.15, 0.2) is 6.20 Å². The second kappa shape index (κ2) is 4.76. The number of nitrogens with zero attached hydrogens (tertiary/aromatic N) is 3. The van der Waals surface area contributed by atoms with Gasteiger partial charge in [-0.25, -0.2) is 9.97 Å². The third-order valence-electron chi connectivity index (χ3n) is 3.08. The molecule has 1 fully saturated rings. The Hall–Kier alpha value is -1.20. The standard InChI is InChI=1S/C11H18N4O/c1-8-10(7-13-11(12)14-8)9(2)15-3-5-16-6-4-15/h7,9H,3-6H2,1-2H3,(H2,12,13,14)/t9-/m0/s1. The van der Waals surface area contributed by atoms with Gasteiger partial charge in [-0.2, -0.15) is 0 Å². The Bertz CT molecular complexity index is 363. The molecule has 1 aliphatic heterocycles. The molecule has 0 aliphatic carbocycles. The molecule has 2 heterocycles. The summed E-state index contributed by atoms with van der Waals surface area (Å²) in [6.07, 6.45) is 1.83. The van der Waals surface area contributed by atoms with E-state index in [1.807, 2.05) is 13.1 Å². The van der Waals surface area contributed by atoms with Gasteiger partial charge >= 0.3 is 0 Å². The fourth-order valence-electron chi connectivity index (χ4n) is 2.07. The first-order valence-electron chi connectivity index (χ1n) is 5.59. The van der Waals surface area contributed by atoms with E-state index in [1.165, 1.54) is 0 Å². The van der Waals surface area contributed by atoms with E-state index in [0.717, 1.165) is 37.6 Å². The number of aromatic nitrogens is 2. The summed E-state index contributed by atoms with van der Waals surface area (Å²) in [6.45, 7) is 7.69. The molecule has 1 atom stereocenters. The summed E-state index contributed by atoms with van der Waals surface area (Å²) >= 11 is 0. The number of nitrogen functional groups attached to an aromatic ring is 1. The summed E-state index contributed by atoms with van der Waals surface area (Å²) in [5, 5.41) is 0. The van der Waals surface area contributed by atoms with Crippen LogP contribution in [0.3, 0.4) is 0 Å². The van der Waals surface area contributed by atoms with Crippen molar-refractivity contribution in [2.24, 2.45) is 0 Å². The van der Waals surface area contributed by atoms with Crippen molar-refractivity contribution in [1.82, 2.24) is 14.9 Å². The van der Waals surface area contributed by atoms with Gasteiger partial charge in [-0.05, 0) is 13.8 Å². The van der Waals surface area contributed by atoms with E-state index in [9.17, 15) is 0 Å². The number of anilines is 1. The van der Waals surface area contributed by atoms with E-state index in [-0.39, 0.29) is 0 Å².